The number of carbonyl (C=O) groups excluding carboxylic acids is 1. The molecule has 2 aromatic carbocycles. The smallest absolute Gasteiger partial charge is 0.203 e. The normalized spacial score (nSPS) is 11.8. The fourth-order valence-corrected chi connectivity index (χ4v) is 2.78. The van der Waals surface area contributed by atoms with E-state index < -0.39 is 0 Å². The van der Waals surface area contributed by atoms with E-state index in [1.807, 2.05) is 53.1 Å². The lowest BCUT2D eigenvalue weighted by Crippen LogP contribution is -2.10. The van der Waals surface area contributed by atoms with Gasteiger partial charge in [0.25, 0.3) is 0 Å². The van der Waals surface area contributed by atoms with Crippen LogP contribution < -0.4 is 0 Å². The number of hydrogen-bond acceptors (Lipinski definition) is 2. The molecule has 0 aliphatic heterocycles. The molecule has 0 fully saturated rings. The maximum absolute atomic E-state index is 12.6. The highest BCUT2D eigenvalue weighted by atomic mass is 16.1. The van der Waals surface area contributed by atoms with Crippen LogP contribution in [0.25, 0.3) is 6.08 Å². The highest BCUT2D eigenvalue weighted by Gasteiger charge is 2.13. The molecular formula is C23H24N2O. The van der Waals surface area contributed by atoms with Crippen molar-refractivity contribution in [3.05, 3.63) is 95.6 Å². The second-order valence-electron chi connectivity index (χ2n) is 7.46. The van der Waals surface area contributed by atoms with Gasteiger partial charge >= 0.3 is 0 Å². The topological polar surface area (TPSA) is 34.9 Å². The van der Waals surface area contributed by atoms with Crippen molar-refractivity contribution in [3.63, 3.8) is 0 Å². The van der Waals surface area contributed by atoms with Crippen LogP contribution >= 0.6 is 0 Å². The lowest BCUT2D eigenvalue weighted by Gasteiger charge is -2.18. The van der Waals surface area contributed by atoms with Gasteiger partial charge in [0.15, 0.2) is 0 Å². The summed E-state index contributed by atoms with van der Waals surface area (Å²) in [6.07, 6.45) is 6.80. The monoisotopic (exact) mass is 344 g/mol. The summed E-state index contributed by atoms with van der Waals surface area (Å²) in [5.74, 6) is -0.0432. The standard InChI is InChI=1S/C23H24N2O/c1-23(2,3)20-12-9-18(10-13-20)11-14-22(26)21-15-24-17-25(21)16-19-7-5-4-6-8-19/h4-15,17H,16H2,1-3H3. The molecule has 0 radical (unpaired) electrons. The first-order chi connectivity index (χ1) is 12.4. The van der Waals surface area contributed by atoms with Crippen LogP contribution in [-0.4, -0.2) is 15.3 Å². The Morgan fingerprint density at radius 3 is 2.38 bits per heavy atom. The van der Waals surface area contributed by atoms with Gasteiger partial charge in [-0.15, -0.1) is 0 Å². The maximum atomic E-state index is 12.6. The van der Waals surface area contributed by atoms with E-state index >= 15 is 0 Å². The second-order valence-corrected chi connectivity index (χ2v) is 7.46. The molecule has 0 N–H and O–H groups in total. The van der Waals surface area contributed by atoms with Crippen molar-refractivity contribution in [3.8, 4) is 0 Å². The van der Waals surface area contributed by atoms with E-state index in [4.69, 9.17) is 0 Å². The minimum absolute atomic E-state index is 0.0432. The lowest BCUT2D eigenvalue weighted by molar-refractivity contribution is 0.103. The van der Waals surface area contributed by atoms with Gasteiger partial charge in [0.1, 0.15) is 5.69 Å². The van der Waals surface area contributed by atoms with Gasteiger partial charge in [0.05, 0.1) is 12.5 Å². The molecule has 0 aliphatic carbocycles. The summed E-state index contributed by atoms with van der Waals surface area (Å²) in [6.45, 7) is 7.20. The number of rotatable bonds is 5. The molecule has 3 nitrogen and oxygen atoms in total. The number of ketones is 1. The van der Waals surface area contributed by atoms with E-state index in [1.165, 1.54) is 5.56 Å². The Morgan fingerprint density at radius 2 is 1.73 bits per heavy atom. The average molecular weight is 344 g/mol. The van der Waals surface area contributed by atoms with Crippen molar-refractivity contribution in [2.75, 3.05) is 0 Å². The van der Waals surface area contributed by atoms with Crippen LogP contribution in [0.15, 0.2) is 73.2 Å². The molecule has 3 aromatic rings. The summed E-state index contributed by atoms with van der Waals surface area (Å²) < 4.78 is 1.88. The molecule has 1 aromatic heterocycles. The molecule has 0 aliphatic rings. The molecule has 0 unspecified atom stereocenters. The first-order valence-corrected chi connectivity index (χ1v) is 8.80. The van der Waals surface area contributed by atoms with E-state index in [2.05, 4.69) is 37.9 Å². The molecule has 3 heteroatoms. The molecule has 132 valence electrons. The Balaban J connectivity index is 1.72. The van der Waals surface area contributed by atoms with Crippen molar-refractivity contribution in [1.82, 2.24) is 9.55 Å². The average Bonchev–Trinajstić information content (AvgIpc) is 3.08. The Morgan fingerprint density at radius 1 is 1.04 bits per heavy atom. The number of allylic oxidation sites excluding steroid dienone is 1. The summed E-state index contributed by atoms with van der Waals surface area (Å²) in [7, 11) is 0. The molecule has 1 heterocycles. The third kappa shape index (κ3) is 4.37. The molecule has 0 spiro atoms. The van der Waals surface area contributed by atoms with Crippen LogP contribution in [-0.2, 0) is 12.0 Å². The minimum atomic E-state index is -0.0432. The molecule has 0 saturated heterocycles. The van der Waals surface area contributed by atoms with Crippen LogP contribution in [0, 0.1) is 0 Å². The Hall–Kier alpha value is -2.94. The van der Waals surface area contributed by atoms with Gasteiger partial charge in [0, 0.05) is 6.54 Å². The van der Waals surface area contributed by atoms with Gasteiger partial charge in [-0.25, -0.2) is 4.98 Å². The molecule has 0 bridgehead atoms. The number of carbonyl (C=O) groups is 1. The van der Waals surface area contributed by atoms with Gasteiger partial charge < -0.3 is 4.57 Å². The predicted octanol–water partition coefficient (Wildman–Crippen LogP) is 5.13. The van der Waals surface area contributed by atoms with Crippen molar-refractivity contribution in [1.29, 1.82) is 0 Å². The summed E-state index contributed by atoms with van der Waals surface area (Å²) in [6, 6.07) is 18.4. The van der Waals surface area contributed by atoms with Crippen molar-refractivity contribution in [2.45, 2.75) is 32.7 Å². The van der Waals surface area contributed by atoms with Crippen LogP contribution in [0.4, 0.5) is 0 Å². The maximum Gasteiger partial charge on any atom is 0.203 e. The largest absolute Gasteiger partial charge is 0.323 e. The third-order valence-electron chi connectivity index (χ3n) is 4.36. The van der Waals surface area contributed by atoms with Gasteiger partial charge in [0.2, 0.25) is 5.78 Å². The fraction of sp³-hybridized carbons (Fsp3) is 0.217. The Bertz CT molecular complexity index is 897. The van der Waals surface area contributed by atoms with E-state index in [-0.39, 0.29) is 11.2 Å². The summed E-state index contributed by atoms with van der Waals surface area (Å²) >= 11 is 0. The van der Waals surface area contributed by atoms with E-state index in [9.17, 15) is 4.79 Å². The molecule has 26 heavy (non-hydrogen) atoms. The first-order valence-electron chi connectivity index (χ1n) is 8.80. The third-order valence-corrected chi connectivity index (χ3v) is 4.36. The highest BCUT2D eigenvalue weighted by Crippen LogP contribution is 2.22. The fourth-order valence-electron chi connectivity index (χ4n) is 2.78. The van der Waals surface area contributed by atoms with Crippen molar-refractivity contribution >= 4 is 11.9 Å². The molecule has 0 saturated carbocycles. The first kappa shape index (κ1) is 17.9. The zero-order valence-electron chi connectivity index (χ0n) is 15.5. The number of nitrogens with zero attached hydrogens (tertiary/aromatic N) is 2. The predicted molar refractivity (Wildman–Crippen MR) is 106 cm³/mol. The minimum Gasteiger partial charge on any atom is -0.323 e. The van der Waals surface area contributed by atoms with Gasteiger partial charge in [-0.2, -0.15) is 0 Å². The molecule has 0 amide bonds. The van der Waals surface area contributed by atoms with Gasteiger partial charge in [-0.05, 0) is 28.2 Å². The molecule has 3 rings (SSSR count). The van der Waals surface area contributed by atoms with Crippen LogP contribution in [0.1, 0.15) is 48.0 Å². The Labute approximate surface area is 155 Å². The summed E-state index contributed by atoms with van der Waals surface area (Å²) in [5, 5.41) is 0. The van der Waals surface area contributed by atoms with E-state index in [1.54, 1.807) is 18.6 Å². The van der Waals surface area contributed by atoms with Gasteiger partial charge in [-0.1, -0.05) is 81.4 Å². The summed E-state index contributed by atoms with van der Waals surface area (Å²) in [4.78, 5) is 16.7. The zero-order valence-corrected chi connectivity index (χ0v) is 15.5. The SMILES string of the molecule is CC(C)(C)c1ccc(C=CC(=O)c2cncn2Cc2ccccc2)cc1. The van der Waals surface area contributed by atoms with Crippen molar-refractivity contribution in [2.24, 2.45) is 0 Å². The van der Waals surface area contributed by atoms with E-state index in [0.717, 1.165) is 11.1 Å². The number of aromatic nitrogens is 2. The summed E-state index contributed by atoms with van der Waals surface area (Å²) in [5.41, 5.74) is 4.15. The van der Waals surface area contributed by atoms with Crippen LogP contribution in [0.2, 0.25) is 0 Å². The quantitative estimate of drug-likeness (QED) is 0.475. The lowest BCUT2D eigenvalue weighted by atomic mass is 9.87. The number of imidazole rings is 1. The number of hydrogen-bond donors (Lipinski definition) is 0. The van der Waals surface area contributed by atoms with Crippen molar-refractivity contribution < 1.29 is 4.79 Å². The zero-order chi connectivity index (χ0) is 18.6. The molecular weight excluding hydrogens is 320 g/mol. The number of benzene rings is 2. The highest BCUT2D eigenvalue weighted by molar-refractivity contribution is 6.05. The van der Waals surface area contributed by atoms with E-state index in [0.29, 0.717) is 12.2 Å². The van der Waals surface area contributed by atoms with Crippen LogP contribution in [0.3, 0.4) is 0 Å². The molecule has 0 atom stereocenters. The second kappa shape index (κ2) is 7.52. The van der Waals surface area contributed by atoms with Crippen LogP contribution in [0.5, 0.6) is 0 Å². The Kier molecular flexibility index (Phi) is 5.17. The van der Waals surface area contributed by atoms with Gasteiger partial charge in [-0.3, -0.25) is 4.79 Å².